The third-order valence-electron chi connectivity index (χ3n) is 9.24. The van der Waals surface area contributed by atoms with Crippen LogP contribution in [-0.2, 0) is 11.3 Å². The molecule has 1 unspecified atom stereocenters. The van der Waals surface area contributed by atoms with Crippen molar-refractivity contribution in [3.63, 3.8) is 0 Å². The van der Waals surface area contributed by atoms with E-state index in [4.69, 9.17) is 15.1 Å². The molecule has 0 aromatic carbocycles. The van der Waals surface area contributed by atoms with E-state index in [-0.39, 0.29) is 36.1 Å². The van der Waals surface area contributed by atoms with Crippen LogP contribution in [0.25, 0.3) is 5.78 Å². The molecule has 0 bridgehead atoms. The highest BCUT2D eigenvalue weighted by atomic mass is 19.3. The maximum Gasteiger partial charge on any atom is 0.270 e. The quantitative estimate of drug-likeness (QED) is 0.411. The number of piperidine rings is 1. The summed E-state index contributed by atoms with van der Waals surface area (Å²) < 4.78 is 31.3. The molecular weight excluding hydrogens is 594 g/mol. The Morgan fingerprint density at radius 1 is 1.13 bits per heavy atom. The number of amides is 2. The molecule has 252 valence electrons. The first-order valence-corrected chi connectivity index (χ1v) is 16.6. The summed E-state index contributed by atoms with van der Waals surface area (Å²) in [7, 11) is 0. The molecule has 3 aromatic heterocycles. The Labute approximate surface area is 269 Å². The molecule has 1 saturated carbocycles. The highest BCUT2D eigenvalue weighted by molar-refractivity contribution is 5.92. The van der Waals surface area contributed by atoms with Gasteiger partial charge in [-0.05, 0) is 72.3 Å². The van der Waals surface area contributed by atoms with Gasteiger partial charge in [-0.15, -0.1) is 0 Å². The van der Waals surface area contributed by atoms with Crippen LogP contribution >= 0.6 is 0 Å². The van der Waals surface area contributed by atoms with Crippen molar-refractivity contribution in [1.82, 2.24) is 44.9 Å². The molecule has 1 aliphatic carbocycles. The van der Waals surface area contributed by atoms with Gasteiger partial charge in [0.05, 0.1) is 17.9 Å². The molecule has 0 radical (unpaired) electrons. The van der Waals surface area contributed by atoms with Gasteiger partial charge >= 0.3 is 0 Å². The maximum atomic E-state index is 14.0. The minimum atomic E-state index is -2.67. The minimum absolute atomic E-state index is 0.117. The smallest absolute Gasteiger partial charge is 0.270 e. The molecule has 2 amide bonds. The van der Waals surface area contributed by atoms with E-state index in [0.29, 0.717) is 36.6 Å². The highest BCUT2D eigenvalue weighted by Gasteiger charge is 2.39. The van der Waals surface area contributed by atoms with Crippen LogP contribution in [0.3, 0.4) is 0 Å². The van der Waals surface area contributed by atoms with Gasteiger partial charge in [0, 0.05) is 70.3 Å². The number of carbonyl (C=O) groups is 2. The second-order valence-corrected chi connectivity index (χ2v) is 13.6. The fraction of sp³-hybridized carbons (Fsp3) is 0.688. The molecule has 5 heterocycles. The predicted molar refractivity (Wildman–Crippen MR) is 171 cm³/mol. The first-order valence-electron chi connectivity index (χ1n) is 16.6. The Bertz CT molecular complexity index is 1490. The lowest BCUT2D eigenvalue weighted by atomic mass is 9.81. The number of carbonyl (C=O) groups excluding carboxylic acids is 2. The molecule has 3 aromatic rings. The van der Waals surface area contributed by atoms with Crippen LogP contribution in [-0.4, -0.2) is 90.3 Å². The van der Waals surface area contributed by atoms with E-state index < -0.39 is 12.0 Å². The fourth-order valence-electron chi connectivity index (χ4n) is 6.50. The second kappa shape index (κ2) is 14.0. The number of nitrogens with one attached hydrogen (secondary N) is 2. The molecule has 2 N–H and O–H groups in total. The number of anilines is 1. The topological polar surface area (TPSA) is 126 Å². The fourth-order valence-corrected chi connectivity index (χ4v) is 6.50. The van der Waals surface area contributed by atoms with Gasteiger partial charge in [-0.1, -0.05) is 0 Å². The number of alkyl halides is 2. The largest absolute Gasteiger partial charge is 0.356 e. The van der Waals surface area contributed by atoms with E-state index in [9.17, 15) is 18.4 Å². The Hall–Kier alpha value is -3.68. The van der Waals surface area contributed by atoms with Crippen molar-refractivity contribution in [3.05, 3.63) is 35.5 Å². The van der Waals surface area contributed by atoms with E-state index in [1.165, 1.54) is 0 Å². The van der Waals surface area contributed by atoms with Crippen molar-refractivity contribution >= 4 is 23.4 Å². The Kier molecular flexibility index (Phi) is 10.2. The Morgan fingerprint density at radius 3 is 2.43 bits per heavy atom. The van der Waals surface area contributed by atoms with E-state index in [1.54, 1.807) is 27.7 Å². The number of hydrogen-bond acceptors (Lipinski definition) is 8. The summed E-state index contributed by atoms with van der Waals surface area (Å²) in [5.74, 6) is -1.70. The van der Waals surface area contributed by atoms with Gasteiger partial charge in [0.1, 0.15) is 11.4 Å². The number of hydrogen-bond donors (Lipinski definition) is 2. The first-order chi connectivity index (χ1) is 21.8. The average molecular weight is 643 g/mol. The molecule has 2 aliphatic heterocycles. The zero-order valence-electron chi connectivity index (χ0n) is 27.7. The van der Waals surface area contributed by atoms with Gasteiger partial charge in [0.15, 0.2) is 5.82 Å². The minimum Gasteiger partial charge on any atom is -0.356 e. The van der Waals surface area contributed by atoms with Crippen molar-refractivity contribution < 1.29 is 18.4 Å². The van der Waals surface area contributed by atoms with Crippen LogP contribution in [0.15, 0.2) is 18.5 Å². The normalized spacial score (nSPS) is 20.2. The summed E-state index contributed by atoms with van der Waals surface area (Å²) in [4.78, 5) is 38.0. The molecule has 12 nitrogen and oxygen atoms in total. The number of imidazole rings is 1. The lowest BCUT2D eigenvalue weighted by Gasteiger charge is -2.42. The molecule has 0 spiro atoms. The summed E-state index contributed by atoms with van der Waals surface area (Å²) in [6.45, 7) is 15.5. The van der Waals surface area contributed by atoms with Gasteiger partial charge in [-0.25, -0.2) is 18.3 Å². The highest BCUT2D eigenvalue weighted by Crippen LogP contribution is 2.41. The van der Waals surface area contributed by atoms with Gasteiger partial charge in [-0.2, -0.15) is 15.2 Å². The van der Waals surface area contributed by atoms with Gasteiger partial charge in [0.2, 0.25) is 11.8 Å². The molecule has 3 fully saturated rings. The number of aryl methyl sites for hydroxylation is 2. The van der Waals surface area contributed by atoms with Crippen molar-refractivity contribution in [2.45, 2.75) is 104 Å². The van der Waals surface area contributed by atoms with Crippen molar-refractivity contribution in [2.24, 2.45) is 5.92 Å². The van der Waals surface area contributed by atoms with Crippen molar-refractivity contribution in [3.8, 4) is 0 Å². The summed E-state index contributed by atoms with van der Waals surface area (Å²) in [5.41, 5.74) is 1.92. The van der Waals surface area contributed by atoms with Crippen LogP contribution < -0.4 is 15.5 Å². The van der Waals surface area contributed by atoms with Crippen LogP contribution in [0.5, 0.6) is 0 Å². The summed E-state index contributed by atoms with van der Waals surface area (Å²) in [6.07, 6.45) is 6.50. The van der Waals surface area contributed by atoms with Crippen LogP contribution in [0.4, 0.5) is 14.6 Å². The lowest BCUT2D eigenvalue weighted by Crippen LogP contribution is -2.53. The zero-order valence-corrected chi connectivity index (χ0v) is 27.7. The van der Waals surface area contributed by atoms with Gasteiger partial charge in [-0.3, -0.25) is 19.2 Å². The van der Waals surface area contributed by atoms with Crippen molar-refractivity contribution in [2.75, 3.05) is 37.6 Å². The Balaban J connectivity index is 0.000000527. The van der Waals surface area contributed by atoms with E-state index in [2.05, 4.69) is 46.3 Å². The number of rotatable bonds is 6. The number of nitrogens with zero attached hydrogens (tertiary/aromatic N) is 8. The van der Waals surface area contributed by atoms with Gasteiger partial charge in [0.25, 0.3) is 11.7 Å². The summed E-state index contributed by atoms with van der Waals surface area (Å²) in [6, 6.07) is 1.11. The molecule has 1 atom stereocenters. The monoisotopic (exact) mass is 642 g/mol. The number of halogens is 2. The third-order valence-corrected chi connectivity index (χ3v) is 9.24. The van der Waals surface area contributed by atoms with E-state index in [0.717, 1.165) is 63.5 Å². The van der Waals surface area contributed by atoms with E-state index in [1.807, 2.05) is 13.8 Å². The molecule has 14 heteroatoms. The molecule has 46 heavy (non-hydrogen) atoms. The zero-order chi connectivity index (χ0) is 33.1. The maximum absolute atomic E-state index is 14.0. The van der Waals surface area contributed by atoms with E-state index >= 15 is 0 Å². The van der Waals surface area contributed by atoms with Gasteiger partial charge < -0.3 is 15.5 Å². The number of fused-ring (bicyclic) bond motifs is 1. The number of piperazine rings is 1. The molecule has 2 saturated heterocycles. The average Bonchev–Trinajstić information content (AvgIpc) is 3.67. The van der Waals surface area contributed by atoms with Crippen LogP contribution in [0.2, 0.25) is 0 Å². The Morgan fingerprint density at radius 2 is 1.85 bits per heavy atom. The first kappa shape index (κ1) is 33.7. The SMILES string of the molecule is CCn1nccc1C(=O)NC(c1cn2nc(C)c(N3CCN(C(C)(C)C)CC3)nc2n1)C1CCC(F)(F)CC1.O=C1CCCCN1. The summed E-state index contributed by atoms with van der Waals surface area (Å²) in [5, 5.41) is 14.8. The molecular formula is C32H48F2N10O2. The van der Waals surface area contributed by atoms with Crippen LogP contribution in [0.1, 0.15) is 101 Å². The summed E-state index contributed by atoms with van der Waals surface area (Å²) >= 11 is 0. The number of aromatic nitrogens is 6. The standard InChI is InChI=1S/C27H39F2N9O.C5H9NO/c1-6-37-21(9-12-30-37)24(39)32-22(19-7-10-27(28,29)11-8-19)20-17-38-25(31-20)33-23(18(2)34-38)35-13-15-36(16-14-35)26(3,4)5;7-5-3-1-2-4-6-5/h9,12,17,19,22H,6-8,10-11,13-16H2,1-5H3,(H,32,39);1-4H2,(H,6,7). The third kappa shape index (κ3) is 7.99. The van der Waals surface area contributed by atoms with Crippen LogP contribution in [0, 0.1) is 12.8 Å². The molecule has 3 aliphatic rings. The predicted octanol–water partition coefficient (Wildman–Crippen LogP) is 4.15. The second-order valence-electron chi connectivity index (χ2n) is 13.6. The lowest BCUT2D eigenvalue weighted by molar-refractivity contribution is -0.122. The molecule has 6 rings (SSSR count). The van der Waals surface area contributed by atoms with Crippen molar-refractivity contribution in [1.29, 1.82) is 0 Å².